The van der Waals surface area contributed by atoms with Gasteiger partial charge in [0, 0.05) is 37.6 Å². The summed E-state index contributed by atoms with van der Waals surface area (Å²) < 4.78 is 5.84. The van der Waals surface area contributed by atoms with Gasteiger partial charge in [0.25, 0.3) is 0 Å². The molecule has 2 N–H and O–H groups in total. The molecular weight excluding hydrogens is 350 g/mol. The SMILES string of the molecule is CC(C)NC(=O)[CH]CSCC(=O)NCC(C)Oc1cccc(N(C)C)c1. The van der Waals surface area contributed by atoms with Gasteiger partial charge in [-0.05, 0) is 32.9 Å². The predicted molar refractivity (Wildman–Crippen MR) is 109 cm³/mol. The number of rotatable bonds is 11. The summed E-state index contributed by atoms with van der Waals surface area (Å²) in [5, 5.41) is 5.63. The van der Waals surface area contributed by atoms with E-state index in [0.29, 0.717) is 18.1 Å². The summed E-state index contributed by atoms with van der Waals surface area (Å²) in [7, 11) is 3.95. The molecule has 0 fully saturated rings. The van der Waals surface area contributed by atoms with Crippen molar-refractivity contribution in [3.63, 3.8) is 0 Å². The normalized spacial score (nSPS) is 11.8. The highest BCUT2D eigenvalue weighted by molar-refractivity contribution is 8.00. The Labute approximate surface area is 161 Å². The van der Waals surface area contributed by atoms with Gasteiger partial charge in [0.2, 0.25) is 11.8 Å². The molecule has 6 nitrogen and oxygen atoms in total. The standard InChI is InChI=1S/C19H30N3O3S/c1-14(2)21-18(23)9-10-26-13-19(24)20-12-15(3)25-17-8-6-7-16(11-17)22(4)5/h6-9,11,14-15H,10,12-13H2,1-5H3,(H,20,24)(H,21,23). The zero-order valence-electron chi connectivity index (χ0n) is 16.2. The topological polar surface area (TPSA) is 70.7 Å². The highest BCUT2D eigenvalue weighted by atomic mass is 32.2. The molecule has 0 aromatic heterocycles. The summed E-state index contributed by atoms with van der Waals surface area (Å²) in [6, 6.07) is 7.94. The number of nitrogens with zero attached hydrogens (tertiary/aromatic N) is 1. The molecule has 0 bridgehead atoms. The van der Waals surface area contributed by atoms with E-state index >= 15 is 0 Å². The molecule has 1 radical (unpaired) electrons. The molecule has 26 heavy (non-hydrogen) atoms. The smallest absolute Gasteiger partial charge is 0.230 e. The Morgan fingerprint density at radius 3 is 2.65 bits per heavy atom. The lowest BCUT2D eigenvalue weighted by Crippen LogP contribution is -2.34. The molecule has 0 saturated carbocycles. The van der Waals surface area contributed by atoms with Crippen molar-refractivity contribution < 1.29 is 14.3 Å². The van der Waals surface area contributed by atoms with E-state index in [1.807, 2.05) is 64.0 Å². The third-order valence-electron chi connectivity index (χ3n) is 3.31. The van der Waals surface area contributed by atoms with Crippen LogP contribution in [-0.4, -0.2) is 56.1 Å². The van der Waals surface area contributed by atoms with Crippen LogP contribution in [0.15, 0.2) is 24.3 Å². The molecule has 0 spiro atoms. The number of carbonyl (C=O) groups excluding carboxylic acids is 2. The summed E-state index contributed by atoms with van der Waals surface area (Å²) in [6.07, 6.45) is 1.42. The van der Waals surface area contributed by atoms with Crippen LogP contribution >= 0.6 is 11.8 Å². The first-order valence-electron chi connectivity index (χ1n) is 8.70. The van der Waals surface area contributed by atoms with Gasteiger partial charge in [-0.15, -0.1) is 0 Å². The number of hydrogen-bond donors (Lipinski definition) is 2. The quantitative estimate of drug-likeness (QED) is 0.575. The van der Waals surface area contributed by atoms with Crippen LogP contribution in [0.1, 0.15) is 20.8 Å². The minimum Gasteiger partial charge on any atom is -0.489 e. The van der Waals surface area contributed by atoms with Crippen molar-refractivity contribution in [3.8, 4) is 5.75 Å². The number of carbonyl (C=O) groups is 2. The molecule has 0 aliphatic heterocycles. The average molecular weight is 381 g/mol. The molecule has 1 atom stereocenters. The van der Waals surface area contributed by atoms with E-state index in [2.05, 4.69) is 10.6 Å². The second-order valence-corrected chi connectivity index (χ2v) is 7.54. The van der Waals surface area contributed by atoms with E-state index < -0.39 is 0 Å². The summed E-state index contributed by atoms with van der Waals surface area (Å²) in [6.45, 7) is 6.17. The molecule has 7 heteroatoms. The van der Waals surface area contributed by atoms with Gasteiger partial charge in [0.05, 0.1) is 18.7 Å². The molecule has 1 rings (SSSR count). The van der Waals surface area contributed by atoms with E-state index in [1.165, 1.54) is 11.8 Å². The molecule has 1 aromatic carbocycles. The Morgan fingerprint density at radius 2 is 2.00 bits per heavy atom. The zero-order valence-corrected chi connectivity index (χ0v) is 17.1. The maximum Gasteiger partial charge on any atom is 0.230 e. The molecule has 2 amide bonds. The first-order valence-corrected chi connectivity index (χ1v) is 9.85. The largest absolute Gasteiger partial charge is 0.489 e. The minimum atomic E-state index is -0.134. The number of ether oxygens (including phenoxy) is 1. The van der Waals surface area contributed by atoms with Crippen LogP contribution in [-0.2, 0) is 9.59 Å². The number of amides is 2. The van der Waals surface area contributed by atoms with Crippen molar-refractivity contribution in [2.75, 3.05) is 37.0 Å². The summed E-state index contributed by atoms with van der Waals surface area (Å²) >= 11 is 1.40. The van der Waals surface area contributed by atoms with Crippen molar-refractivity contribution in [2.24, 2.45) is 0 Å². The van der Waals surface area contributed by atoms with Gasteiger partial charge in [-0.1, -0.05) is 6.07 Å². The first-order chi connectivity index (χ1) is 12.3. The van der Waals surface area contributed by atoms with Crippen molar-refractivity contribution in [1.82, 2.24) is 10.6 Å². The lowest BCUT2D eigenvalue weighted by molar-refractivity contribution is -0.119. The second-order valence-electron chi connectivity index (χ2n) is 6.51. The number of anilines is 1. The van der Waals surface area contributed by atoms with Gasteiger partial charge in [0.1, 0.15) is 11.9 Å². The van der Waals surface area contributed by atoms with Crippen LogP contribution in [0.4, 0.5) is 5.69 Å². The fraction of sp³-hybridized carbons (Fsp3) is 0.526. The lowest BCUT2D eigenvalue weighted by atomic mass is 10.3. The maximum absolute atomic E-state index is 11.9. The van der Waals surface area contributed by atoms with Gasteiger partial charge < -0.3 is 20.3 Å². The Hall–Kier alpha value is -1.89. The van der Waals surface area contributed by atoms with Crippen LogP contribution < -0.4 is 20.3 Å². The zero-order chi connectivity index (χ0) is 19.5. The number of thioether (sulfide) groups is 1. The van der Waals surface area contributed by atoms with Crippen molar-refractivity contribution in [2.45, 2.75) is 32.9 Å². The third kappa shape index (κ3) is 9.56. The Bertz CT molecular complexity index is 579. The average Bonchev–Trinajstić information content (AvgIpc) is 2.56. The Morgan fingerprint density at radius 1 is 1.27 bits per heavy atom. The molecule has 1 unspecified atom stereocenters. The van der Waals surface area contributed by atoms with E-state index in [1.54, 1.807) is 6.42 Å². The van der Waals surface area contributed by atoms with Crippen LogP contribution in [0.3, 0.4) is 0 Å². The van der Waals surface area contributed by atoms with Gasteiger partial charge in [-0.25, -0.2) is 0 Å². The second kappa shape index (κ2) is 11.7. The first kappa shape index (κ1) is 22.2. The van der Waals surface area contributed by atoms with Gasteiger partial charge in [0.15, 0.2) is 0 Å². The number of benzene rings is 1. The van der Waals surface area contributed by atoms with Crippen LogP contribution in [0.5, 0.6) is 5.75 Å². The van der Waals surface area contributed by atoms with Gasteiger partial charge in [-0.3, -0.25) is 9.59 Å². The van der Waals surface area contributed by atoms with E-state index in [-0.39, 0.29) is 24.0 Å². The summed E-state index contributed by atoms with van der Waals surface area (Å²) in [5.41, 5.74) is 1.06. The van der Waals surface area contributed by atoms with Crippen molar-refractivity contribution in [3.05, 3.63) is 30.7 Å². The van der Waals surface area contributed by atoms with Gasteiger partial charge in [-0.2, -0.15) is 11.8 Å². The lowest BCUT2D eigenvalue weighted by Gasteiger charge is -2.18. The summed E-state index contributed by atoms with van der Waals surface area (Å²) in [4.78, 5) is 25.3. The molecule has 1 aromatic rings. The fourth-order valence-electron chi connectivity index (χ4n) is 2.05. The molecule has 0 aliphatic carbocycles. The van der Waals surface area contributed by atoms with E-state index in [0.717, 1.165) is 11.4 Å². The fourth-order valence-corrected chi connectivity index (χ4v) is 2.72. The highest BCUT2D eigenvalue weighted by Crippen LogP contribution is 2.20. The minimum absolute atomic E-state index is 0.0647. The summed E-state index contributed by atoms with van der Waals surface area (Å²) in [5.74, 6) is 1.43. The maximum atomic E-state index is 11.9. The third-order valence-corrected chi connectivity index (χ3v) is 4.18. The Kier molecular flexibility index (Phi) is 9.95. The van der Waals surface area contributed by atoms with Crippen molar-refractivity contribution >= 4 is 29.3 Å². The molecule has 145 valence electrons. The van der Waals surface area contributed by atoms with E-state index in [9.17, 15) is 9.59 Å². The molecular formula is C19H30N3O3S. The molecule has 0 aliphatic rings. The monoisotopic (exact) mass is 380 g/mol. The van der Waals surface area contributed by atoms with Crippen LogP contribution in [0, 0.1) is 6.42 Å². The Balaban J connectivity index is 2.21. The van der Waals surface area contributed by atoms with Gasteiger partial charge >= 0.3 is 0 Å². The number of hydrogen-bond acceptors (Lipinski definition) is 5. The van der Waals surface area contributed by atoms with Crippen LogP contribution in [0.2, 0.25) is 0 Å². The van der Waals surface area contributed by atoms with Crippen molar-refractivity contribution in [1.29, 1.82) is 0 Å². The molecule has 0 heterocycles. The molecule has 0 saturated heterocycles. The predicted octanol–water partition coefficient (Wildman–Crippen LogP) is 2.10. The number of nitrogens with one attached hydrogen (secondary N) is 2. The van der Waals surface area contributed by atoms with E-state index in [4.69, 9.17) is 4.74 Å². The van der Waals surface area contributed by atoms with Crippen LogP contribution in [0.25, 0.3) is 0 Å². The highest BCUT2D eigenvalue weighted by Gasteiger charge is 2.09.